The highest BCUT2D eigenvalue weighted by atomic mass is 32.2. The molecule has 4 heterocycles. The molecule has 4 aromatic rings. The van der Waals surface area contributed by atoms with Crippen LogP contribution in [0.5, 0.6) is 5.88 Å². The van der Waals surface area contributed by atoms with Crippen LogP contribution in [0, 0.1) is 12.8 Å². The van der Waals surface area contributed by atoms with E-state index in [1.165, 1.54) is 4.90 Å². The molecule has 1 saturated heterocycles. The number of aromatic nitrogens is 3. The van der Waals surface area contributed by atoms with Crippen molar-refractivity contribution in [3.8, 4) is 17.1 Å². The number of aryl methyl sites for hydroxylation is 1. The van der Waals surface area contributed by atoms with Crippen molar-refractivity contribution in [3.63, 3.8) is 0 Å². The number of rotatable bonds is 8. The Hall–Kier alpha value is -5.51. The number of nitrogens with one attached hydrogen (secondary N) is 3. The molecular formula is C45H53N7O8S. The lowest BCUT2D eigenvalue weighted by Crippen LogP contribution is -2.58. The number of carbonyl (C=O) groups is 4. The van der Waals surface area contributed by atoms with E-state index in [1.807, 2.05) is 67.6 Å². The Labute approximate surface area is 355 Å². The van der Waals surface area contributed by atoms with Gasteiger partial charge in [0.2, 0.25) is 27.7 Å². The van der Waals surface area contributed by atoms with Gasteiger partial charge in [-0.2, -0.15) is 9.61 Å². The summed E-state index contributed by atoms with van der Waals surface area (Å²) in [6.07, 6.45) is 10.0. The molecule has 16 heteroatoms. The molecule has 4 amide bonds. The molecule has 3 N–H and O–H groups in total. The lowest BCUT2D eigenvalue weighted by molar-refractivity contribution is -0.141. The number of carbonyl (C=O) groups excluding carboxylic acids is 4. The Kier molecular flexibility index (Phi) is 10.8. The van der Waals surface area contributed by atoms with Crippen molar-refractivity contribution < 1.29 is 37.1 Å². The molecule has 5 aliphatic rings. The molecule has 5 atom stereocenters. The predicted molar refractivity (Wildman–Crippen MR) is 227 cm³/mol. The Balaban J connectivity index is 1.05. The smallest absolute Gasteiger partial charge is 0.408 e. The summed E-state index contributed by atoms with van der Waals surface area (Å²) in [4.78, 5) is 63.2. The van der Waals surface area contributed by atoms with Crippen molar-refractivity contribution in [3.05, 3.63) is 72.3 Å². The number of fused-ring (bicyclic) bond motifs is 5. The molecular weight excluding hydrogens is 799 g/mol. The van der Waals surface area contributed by atoms with Crippen molar-refractivity contribution in [2.24, 2.45) is 5.92 Å². The quantitative estimate of drug-likeness (QED) is 0.187. The number of benzene rings is 2. The molecule has 2 aromatic heterocycles. The third-order valence-electron chi connectivity index (χ3n) is 13.2. The summed E-state index contributed by atoms with van der Waals surface area (Å²) < 4.78 is 41.9. The Bertz CT molecular complexity index is 2510. The summed E-state index contributed by atoms with van der Waals surface area (Å²) in [5.74, 6) is -1.97. The first-order valence-corrected chi connectivity index (χ1v) is 23.2. The maximum absolute atomic E-state index is 14.8. The van der Waals surface area contributed by atoms with Gasteiger partial charge in [0, 0.05) is 29.4 Å². The van der Waals surface area contributed by atoms with Gasteiger partial charge in [-0.15, -0.1) is 0 Å². The summed E-state index contributed by atoms with van der Waals surface area (Å²) >= 11 is 0. The largest absolute Gasteiger partial charge is 0.472 e. The van der Waals surface area contributed by atoms with Gasteiger partial charge in [-0.05, 0) is 90.2 Å². The number of hydrogen-bond donors (Lipinski definition) is 3. The summed E-state index contributed by atoms with van der Waals surface area (Å²) in [6, 6.07) is 15.3. The molecule has 61 heavy (non-hydrogen) atoms. The van der Waals surface area contributed by atoms with Crippen LogP contribution in [-0.4, -0.2) is 92.9 Å². The van der Waals surface area contributed by atoms with E-state index in [-0.39, 0.29) is 25.5 Å². The highest BCUT2D eigenvalue weighted by Crippen LogP contribution is 2.47. The molecule has 2 aliphatic heterocycles. The fraction of sp³-hybridized carbons (Fsp3) is 0.511. The first-order chi connectivity index (χ1) is 29.3. The lowest BCUT2D eigenvalue weighted by Gasteiger charge is -2.30. The van der Waals surface area contributed by atoms with Crippen LogP contribution in [0.4, 0.5) is 4.79 Å². The average molecular weight is 852 g/mol. The summed E-state index contributed by atoms with van der Waals surface area (Å²) in [5, 5.41) is 11.4. The maximum Gasteiger partial charge on any atom is 0.408 e. The minimum Gasteiger partial charge on any atom is -0.472 e. The SMILES string of the molecule is Cc1ccc(-c2cc(O[C@@H]3C[C@H]4C(=O)N[C@]5(C(=O)NS(=O)(=O)C6(C)CC6)C[C@@H]5/C=C\CCCCC[C@H](NC(=O)OC5CCCC5)C(=O)N4C3)n3nc4ccccc4c3n2)cc1. The second-order valence-corrected chi connectivity index (χ2v) is 20.0. The normalized spacial score (nSPS) is 27.3. The number of allylic oxidation sites excluding steroid dienone is 1. The van der Waals surface area contributed by atoms with Gasteiger partial charge in [0.05, 0.1) is 22.5 Å². The summed E-state index contributed by atoms with van der Waals surface area (Å²) in [6.45, 7) is 3.59. The van der Waals surface area contributed by atoms with E-state index in [2.05, 4.69) is 15.4 Å². The number of ether oxygens (including phenoxy) is 2. The van der Waals surface area contributed by atoms with Crippen molar-refractivity contribution in [1.82, 2.24) is 34.9 Å². The zero-order chi connectivity index (χ0) is 42.5. The molecule has 0 radical (unpaired) electrons. The third kappa shape index (κ3) is 8.18. The Morgan fingerprint density at radius 1 is 0.951 bits per heavy atom. The topological polar surface area (TPSA) is 190 Å². The standard InChI is InChI=1S/C45H53N7O8S/c1-28-18-20-29(21-19-28)36-25-38(52-39(46-36)33-15-10-11-16-34(33)49-52)59-32-24-37-40(53)48-45(42(55)50-61(57,58)44(2)22-23-44)26-30(45)12-6-4-3-5-7-17-35(41(54)51(37)27-32)47-43(56)60-31-13-8-9-14-31/h6,10-12,15-16,18-21,25,30-32,35,37H,3-5,7-9,13-14,17,22-24,26-27H2,1-2H3,(H,47,56)(H,48,53)(H,50,55)/b12-6-/t30-,32+,35-,37-,45+/m0/s1. The van der Waals surface area contributed by atoms with E-state index < -0.39 is 68.2 Å². The summed E-state index contributed by atoms with van der Waals surface area (Å²) in [5.41, 5.74) is 2.37. The molecule has 0 spiro atoms. The lowest BCUT2D eigenvalue weighted by atomic mass is 10.0. The highest BCUT2D eigenvalue weighted by Gasteiger charge is 2.63. The zero-order valence-electron chi connectivity index (χ0n) is 34.6. The third-order valence-corrected chi connectivity index (χ3v) is 15.4. The van der Waals surface area contributed by atoms with E-state index in [0.29, 0.717) is 54.8 Å². The number of hydrogen-bond acceptors (Lipinski definition) is 10. The van der Waals surface area contributed by atoms with Crippen LogP contribution < -0.4 is 20.1 Å². The molecule has 2 aromatic carbocycles. The first kappa shape index (κ1) is 40.9. The average Bonchev–Trinajstić information content (AvgIpc) is 3.89. The maximum atomic E-state index is 14.8. The minimum atomic E-state index is -4.01. The Morgan fingerprint density at radius 2 is 1.70 bits per heavy atom. The fourth-order valence-electron chi connectivity index (χ4n) is 9.01. The van der Waals surface area contributed by atoms with E-state index in [4.69, 9.17) is 19.6 Å². The van der Waals surface area contributed by atoms with Gasteiger partial charge in [0.1, 0.15) is 29.8 Å². The number of nitrogens with zero attached hydrogens (tertiary/aromatic N) is 4. The number of amides is 4. The molecule has 4 fully saturated rings. The highest BCUT2D eigenvalue weighted by molar-refractivity contribution is 7.91. The number of sulfonamides is 1. The van der Waals surface area contributed by atoms with Crippen LogP contribution in [0.25, 0.3) is 27.8 Å². The van der Waals surface area contributed by atoms with Gasteiger partial charge >= 0.3 is 6.09 Å². The van der Waals surface area contributed by atoms with Crippen LogP contribution in [0.2, 0.25) is 0 Å². The van der Waals surface area contributed by atoms with Gasteiger partial charge in [0.25, 0.3) is 5.91 Å². The van der Waals surface area contributed by atoms with Crippen molar-refractivity contribution in [2.75, 3.05) is 6.54 Å². The minimum absolute atomic E-state index is 0.0213. The van der Waals surface area contributed by atoms with E-state index in [0.717, 1.165) is 55.0 Å². The zero-order valence-corrected chi connectivity index (χ0v) is 35.4. The van der Waals surface area contributed by atoms with Gasteiger partial charge in [-0.3, -0.25) is 19.1 Å². The molecule has 9 rings (SSSR count). The second kappa shape index (κ2) is 16.1. The van der Waals surface area contributed by atoms with Crippen LogP contribution in [0.3, 0.4) is 0 Å². The molecule has 15 nitrogen and oxygen atoms in total. The van der Waals surface area contributed by atoms with Gasteiger partial charge in [-0.25, -0.2) is 18.2 Å². The number of alkyl carbamates (subject to hydrolysis) is 1. The van der Waals surface area contributed by atoms with E-state index in [9.17, 15) is 27.6 Å². The van der Waals surface area contributed by atoms with Crippen molar-refractivity contribution in [2.45, 2.75) is 132 Å². The molecule has 0 bridgehead atoms. The van der Waals surface area contributed by atoms with E-state index in [1.54, 1.807) is 17.5 Å². The molecule has 0 unspecified atom stereocenters. The van der Waals surface area contributed by atoms with Crippen molar-refractivity contribution >= 4 is 50.4 Å². The first-order valence-electron chi connectivity index (χ1n) is 21.7. The molecule has 322 valence electrons. The molecule has 3 saturated carbocycles. The van der Waals surface area contributed by atoms with Crippen LogP contribution >= 0.6 is 0 Å². The van der Waals surface area contributed by atoms with Gasteiger partial charge in [0.15, 0.2) is 5.65 Å². The Morgan fingerprint density at radius 3 is 2.48 bits per heavy atom. The van der Waals surface area contributed by atoms with Crippen LogP contribution in [-0.2, 0) is 29.1 Å². The summed E-state index contributed by atoms with van der Waals surface area (Å²) in [7, 11) is -4.01. The van der Waals surface area contributed by atoms with Crippen LogP contribution in [0.1, 0.15) is 96.0 Å². The monoisotopic (exact) mass is 851 g/mol. The van der Waals surface area contributed by atoms with Crippen molar-refractivity contribution in [1.29, 1.82) is 0 Å². The molecule has 3 aliphatic carbocycles. The van der Waals surface area contributed by atoms with Crippen LogP contribution in [0.15, 0.2) is 66.7 Å². The van der Waals surface area contributed by atoms with Gasteiger partial charge in [-0.1, -0.05) is 67.0 Å². The predicted octanol–water partition coefficient (Wildman–Crippen LogP) is 5.64. The van der Waals surface area contributed by atoms with Gasteiger partial charge < -0.3 is 25.0 Å². The van der Waals surface area contributed by atoms with E-state index >= 15 is 0 Å². The fourth-order valence-corrected chi connectivity index (χ4v) is 10.3. The second-order valence-electron chi connectivity index (χ2n) is 17.8.